The molecule has 0 radical (unpaired) electrons. The Labute approximate surface area is 153 Å². The lowest BCUT2D eigenvalue weighted by atomic mass is 10.1. The molecule has 1 fully saturated rings. The van der Waals surface area contributed by atoms with Crippen molar-refractivity contribution in [2.45, 2.75) is 58.9 Å². The van der Waals surface area contributed by atoms with E-state index in [0.717, 1.165) is 25.7 Å². The van der Waals surface area contributed by atoms with Gasteiger partial charge in [-0.25, -0.2) is 0 Å². The molecule has 7 heteroatoms. The summed E-state index contributed by atoms with van der Waals surface area (Å²) in [5.74, 6) is 0.384. The lowest BCUT2D eigenvalue weighted by Gasteiger charge is -2.18. The SMILES string of the molecule is CC.CCC(NC(=O)C1CCCC1)c1nnc(-c2ccccn2)[nH]c1=O. The Kier molecular flexibility index (Phi) is 7.44. The first-order chi connectivity index (χ1) is 12.7. The normalized spacial score (nSPS) is 15.0. The predicted molar refractivity (Wildman–Crippen MR) is 100 cm³/mol. The van der Waals surface area contributed by atoms with Gasteiger partial charge in [-0.2, -0.15) is 0 Å². The van der Waals surface area contributed by atoms with Crippen molar-refractivity contribution < 1.29 is 4.79 Å². The van der Waals surface area contributed by atoms with Gasteiger partial charge in [-0.3, -0.25) is 14.6 Å². The maximum absolute atomic E-state index is 12.4. The lowest BCUT2D eigenvalue weighted by molar-refractivity contribution is -0.125. The second-order valence-corrected chi connectivity index (χ2v) is 6.05. The number of nitrogens with one attached hydrogen (secondary N) is 2. The van der Waals surface area contributed by atoms with Gasteiger partial charge in [-0.1, -0.05) is 39.7 Å². The van der Waals surface area contributed by atoms with Crippen LogP contribution in [-0.2, 0) is 4.79 Å². The summed E-state index contributed by atoms with van der Waals surface area (Å²) in [7, 11) is 0. The monoisotopic (exact) mass is 357 g/mol. The van der Waals surface area contributed by atoms with Crippen molar-refractivity contribution in [2.75, 3.05) is 0 Å². The first-order valence-corrected chi connectivity index (χ1v) is 9.37. The third kappa shape index (κ3) is 4.74. The molecule has 140 valence electrons. The van der Waals surface area contributed by atoms with E-state index >= 15 is 0 Å². The van der Waals surface area contributed by atoms with Crippen molar-refractivity contribution in [2.24, 2.45) is 5.92 Å². The van der Waals surface area contributed by atoms with Gasteiger partial charge in [0.1, 0.15) is 5.69 Å². The molecule has 1 aliphatic carbocycles. The van der Waals surface area contributed by atoms with Crippen LogP contribution < -0.4 is 10.9 Å². The van der Waals surface area contributed by atoms with E-state index in [1.165, 1.54) is 0 Å². The summed E-state index contributed by atoms with van der Waals surface area (Å²) >= 11 is 0. The number of aromatic nitrogens is 4. The summed E-state index contributed by atoms with van der Waals surface area (Å²) in [5, 5.41) is 11.1. The highest BCUT2D eigenvalue weighted by Gasteiger charge is 2.26. The molecule has 1 aliphatic rings. The molecule has 0 aliphatic heterocycles. The van der Waals surface area contributed by atoms with Gasteiger partial charge in [0.05, 0.1) is 6.04 Å². The summed E-state index contributed by atoms with van der Waals surface area (Å²) in [4.78, 5) is 31.5. The van der Waals surface area contributed by atoms with Crippen LogP contribution in [0.25, 0.3) is 11.5 Å². The fourth-order valence-electron chi connectivity index (χ4n) is 3.03. The van der Waals surface area contributed by atoms with Gasteiger partial charge in [-0.15, -0.1) is 10.2 Å². The summed E-state index contributed by atoms with van der Waals surface area (Å²) in [6, 6.07) is 4.92. The zero-order valence-electron chi connectivity index (χ0n) is 15.7. The van der Waals surface area contributed by atoms with Crippen molar-refractivity contribution in [1.29, 1.82) is 0 Å². The second-order valence-electron chi connectivity index (χ2n) is 6.05. The third-order valence-corrected chi connectivity index (χ3v) is 4.41. The van der Waals surface area contributed by atoms with Gasteiger partial charge in [0, 0.05) is 12.1 Å². The number of aromatic amines is 1. The molecule has 1 unspecified atom stereocenters. The van der Waals surface area contributed by atoms with Crippen LogP contribution in [0.3, 0.4) is 0 Å². The Balaban J connectivity index is 0.00000117. The maximum Gasteiger partial charge on any atom is 0.275 e. The highest BCUT2D eigenvalue weighted by Crippen LogP contribution is 2.25. The molecule has 26 heavy (non-hydrogen) atoms. The van der Waals surface area contributed by atoms with E-state index in [9.17, 15) is 9.59 Å². The van der Waals surface area contributed by atoms with Crippen molar-refractivity contribution in [3.63, 3.8) is 0 Å². The molecule has 0 saturated heterocycles. The van der Waals surface area contributed by atoms with Gasteiger partial charge in [0.25, 0.3) is 5.56 Å². The maximum atomic E-state index is 12.4. The molecule has 1 amide bonds. The number of H-pyrrole nitrogens is 1. The molecular weight excluding hydrogens is 330 g/mol. The van der Waals surface area contributed by atoms with E-state index in [2.05, 4.69) is 25.5 Å². The van der Waals surface area contributed by atoms with E-state index in [0.29, 0.717) is 17.9 Å². The van der Waals surface area contributed by atoms with Gasteiger partial charge < -0.3 is 10.3 Å². The van der Waals surface area contributed by atoms with Gasteiger partial charge in [-0.05, 0) is 31.4 Å². The topological polar surface area (TPSA) is 101 Å². The van der Waals surface area contributed by atoms with E-state index in [1.807, 2.05) is 26.8 Å². The molecule has 0 aromatic carbocycles. The Morgan fingerprint density at radius 1 is 1.27 bits per heavy atom. The fraction of sp³-hybridized carbons (Fsp3) is 0.526. The number of carbonyl (C=O) groups excluding carboxylic acids is 1. The Bertz CT molecular complexity index is 754. The first kappa shape index (κ1) is 19.8. The van der Waals surface area contributed by atoms with Crippen LogP contribution in [0.2, 0.25) is 0 Å². The van der Waals surface area contributed by atoms with Gasteiger partial charge >= 0.3 is 0 Å². The van der Waals surface area contributed by atoms with Crippen molar-refractivity contribution in [3.05, 3.63) is 40.4 Å². The molecule has 2 aromatic heterocycles. The average Bonchev–Trinajstić information content (AvgIpc) is 3.23. The minimum absolute atomic E-state index is 0.00866. The molecule has 0 bridgehead atoms. The first-order valence-electron chi connectivity index (χ1n) is 9.37. The van der Waals surface area contributed by atoms with Crippen LogP contribution in [0, 0.1) is 5.92 Å². The Morgan fingerprint density at radius 2 is 2.00 bits per heavy atom. The zero-order chi connectivity index (χ0) is 18.9. The van der Waals surface area contributed by atoms with Crippen LogP contribution >= 0.6 is 0 Å². The number of rotatable bonds is 5. The molecule has 1 saturated carbocycles. The second kappa shape index (κ2) is 9.79. The van der Waals surface area contributed by atoms with E-state index in [-0.39, 0.29) is 23.1 Å². The molecule has 2 N–H and O–H groups in total. The van der Waals surface area contributed by atoms with Gasteiger partial charge in [0.2, 0.25) is 5.91 Å². The Hall–Kier alpha value is -2.57. The number of nitrogens with zero attached hydrogens (tertiary/aromatic N) is 3. The van der Waals surface area contributed by atoms with Crippen LogP contribution in [0.15, 0.2) is 29.2 Å². The molecule has 2 heterocycles. The van der Waals surface area contributed by atoms with Crippen LogP contribution in [0.5, 0.6) is 0 Å². The minimum atomic E-state index is -0.424. The Morgan fingerprint density at radius 3 is 2.58 bits per heavy atom. The van der Waals surface area contributed by atoms with Gasteiger partial charge in [0.15, 0.2) is 11.5 Å². The largest absolute Gasteiger partial charge is 0.347 e. The molecule has 7 nitrogen and oxygen atoms in total. The highest BCUT2D eigenvalue weighted by molar-refractivity contribution is 5.79. The number of carbonyl (C=O) groups is 1. The number of hydrogen-bond donors (Lipinski definition) is 2. The lowest BCUT2D eigenvalue weighted by Crippen LogP contribution is -2.36. The standard InChI is InChI=1S/C17H21N5O2.C2H6/c1-2-12(19-16(23)11-7-3-4-8-11)14-17(24)20-15(22-21-14)13-9-5-6-10-18-13;1-2/h5-6,9-12H,2-4,7-8H2,1H3,(H,19,23)(H,20,22,24);1-2H3. The summed E-state index contributed by atoms with van der Waals surface area (Å²) in [6.45, 7) is 5.91. The summed E-state index contributed by atoms with van der Waals surface area (Å²) in [6.07, 6.45) is 6.23. The molecule has 2 aromatic rings. The summed E-state index contributed by atoms with van der Waals surface area (Å²) < 4.78 is 0. The van der Waals surface area contributed by atoms with Crippen LogP contribution in [0.4, 0.5) is 0 Å². The zero-order valence-corrected chi connectivity index (χ0v) is 15.7. The van der Waals surface area contributed by atoms with E-state index < -0.39 is 6.04 Å². The predicted octanol–water partition coefficient (Wildman–Crippen LogP) is 3.01. The minimum Gasteiger partial charge on any atom is -0.347 e. The number of hydrogen-bond acceptors (Lipinski definition) is 5. The highest BCUT2D eigenvalue weighted by atomic mass is 16.2. The van der Waals surface area contributed by atoms with Crippen LogP contribution in [0.1, 0.15) is 64.6 Å². The average molecular weight is 357 g/mol. The van der Waals surface area contributed by atoms with Crippen LogP contribution in [-0.4, -0.2) is 26.1 Å². The smallest absolute Gasteiger partial charge is 0.275 e. The van der Waals surface area contributed by atoms with Crippen molar-refractivity contribution in [1.82, 2.24) is 25.5 Å². The van der Waals surface area contributed by atoms with Crippen molar-refractivity contribution in [3.8, 4) is 11.5 Å². The number of amides is 1. The summed E-state index contributed by atoms with van der Waals surface area (Å²) in [5.41, 5.74) is 0.449. The molecular formula is C19H27N5O2. The van der Waals surface area contributed by atoms with E-state index in [1.54, 1.807) is 18.3 Å². The van der Waals surface area contributed by atoms with E-state index in [4.69, 9.17) is 0 Å². The molecule has 0 spiro atoms. The number of pyridine rings is 1. The fourth-order valence-corrected chi connectivity index (χ4v) is 3.03. The quantitative estimate of drug-likeness (QED) is 0.856. The van der Waals surface area contributed by atoms with Crippen molar-refractivity contribution >= 4 is 5.91 Å². The third-order valence-electron chi connectivity index (χ3n) is 4.41. The molecule has 3 rings (SSSR count). The molecule has 1 atom stereocenters.